The lowest BCUT2D eigenvalue weighted by Gasteiger charge is -2.37. The Morgan fingerprint density at radius 3 is 2.53 bits per heavy atom. The van der Waals surface area contributed by atoms with Gasteiger partial charge in [-0.1, -0.05) is 37.5 Å². The number of aliphatic imine (C=N–C) groups is 1. The molecule has 1 aromatic carbocycles. The minimum Gasteiger partial charge on any atom is -0.468 e. The first kappa shape index (κ1) is 35.2. The number of ether oxygens (including phenoxy) is 3. The number of carbonyl (C=O) groups is 2. The third-order valence-electron chi connectivity index (χ3n) is 7.48. The van der Waals surface area contributed by atoms with Crippen molar-refractivity contribution in [2.45, 2.75) is 75.7 Å². The predicted molar refractivity (Wildman–Crippen MR) is 177 cm³/mol. The number of halogens is 3. The lowest BCUT2D eigenvalue weighted by Crippen LogP contribution is -2.47. The summed E-state index contributed by atoms with van der Waals surface area (Å²) in [6, 6.07) is 5.04. The molecule has 0 N–H and O–H groups in total. The first-order valence-corrected chi connectivity index (χ1v) is 19.8. The van der Waals surface area contributed by atoms with Crippen LogP contribution in [0.15, 0.2) is 40.2 Å². The number of thioether (sulfide) groups is 1. The fraction of sp³-hybridized carbons (Fsp3) is 0.516. The summed E-state index contributed by atoms with van der Waals surface area (Å²) in [6.07, 6.45) is 3.50. The van der Waals surface area contributed by atoms with Crippen molar-refractivity contribution in [1.29, 1.82) is 0 Å². The maximum atomic E-state index is 15.7. The van der Waals surface area contributed by atoms with Crippen LogP contribution < -0.4 is 0 Å². The Morgan fingerprint density at radius 2 is 1.93 bits per heavy atom. The molecular formula is C31H39BrF2N4O5SSi. The molecule has 1 aliphatic carbocycles. The fourth-order valence-electron chi connectivity index (χ4n) is 4.99. The van der Waals surface area contributed by atoms with E-state index in [1.807, 2.05) is 0 Å². The van der Waals surface area contributed by atoms with Crippen LogP contribution in [0.1, 0.15) is 50.9 Å². The first-order valence-electron chi connectivity index (χ1n) is 14.5. The van der Waals surface area contributed by atoms with E-state index in [2.05, 4.69) is 45.5 Å². The molecule has 3 atom stereocenters. The molecule has 2 aromatic rings. The van der Waals surface area contributed by atoms with Gasteiger partial charge in [0, 0.05) is 26.2 Å². The van der Waals surface area contributed by atoms with Crippen LogP contribution >= 0.6 is 27.7 Å². The molecule has 0 spiro atoms. The van der Waals surface area contributed by atoms with Crippen LogP contribution in [0.5, 0.6) is 0 Å². The second-order valence-corrected chi connectivity index (χ2v) is 21.2. The van der Waals surface area contributed by atoms with Gasteiger partial charge in [0.15, 0.2) is 11.0 Å². The average Bonchev–Trinajstić information content (AvgIpc) is 3.69. The highest BCUT2D eigenvalue weighted by Gasteiger charge is 2.72. The summed E-state index contributed by atoms with van der Waals surface area (Å²) in [6.45, 7) is 13.9. The van der Waals surface area contributed by atoms with Gasteiger partial charge in [-0.05, 0) is 79.9 Å². The highest BCUT2D eigenvalue weighted by molar-refractivity contribution is 9.10. The van der Waals surface area contributed by atoms with Crippen molar-refractivity contribution in [2.24, 2.45) is 10.9 Å². The smallest absolute Gasteiger partial charge is 0.418 e. The maximum Gasteiger partial charge on any atom is 0.418 e. The highest BCUT2D eigenvalue weighted by atomic mass is 79.9. The molecule has 14 heteroatoms. The third kappa shape index (κ3) is 8.19. The molecular weight excluding hydrogens is 686 g/mol. The zero-order chi connectivity index (χ0) is 33.4. The van der Waals surface area contributed by atoms with Gasteiger partial charge in [-0.25, -0.2) is 28.4 Å². The van der Waals surface area contributed by atoms with Crippen molar-refractivity contribution in [3.63, 3.8) is 0 Å². The second-order valence-electron chi connectivity index (χ2n) is 13.5. The number of hydrogen-bond acceptors (Lipinski definition) is 9. The normalized spacial score (nSPS) is 23.1. The first-order chi connectivity index (χ1) is 20.9. The number of carbonyl (C=O) groups excluding carboxylic acids is 2. The van der Waals surface area contributed by atoms with Gasteiger partial charge in [0.1, 0.15) is 33.2 Å². The molecule has 1 aromatic heterocycles. The van der Waals surface area contributed by atoms with E-state index in [0.29, 0.717) is 23.2 Å². The van der Waals surface area contributed by atoms with E-state index < -0.39 is 53.6 Å². The van der Waals surface area contributed by atoms with Crippen LogP contribution in [0, 0.1) is 11.7 Å². The number of hydrogen-bond donors (Lipinski definition) is 0. The molecule has 1 aliphatic heterocycles. The highest BCUT2D eigenvalue weighted by Crippen LogP contribution is 2.67. The Bertz CT molecular complexity index is 1510. The van der Waals surface area contributed by atoms with E-state index in [4.69, 9.17) is 19.2 Å². The SMILES string of the molecule is COC(=O)[C@]12C[C@H]1[C@@](C)(c1cc(/C=C(\F)c3cnc(Br)cn3)ccc1F)N=C(N(COCC[Si](C)(C)C)C(=O)OC(C)(C)C)S2. The third-order valence-corrected chi connectivity index (χ3v) is 11.1. The minimum atomic E-state index is -1.42. The van der Waals surface area contributed by atoms with Crippen LogP contribution in [-0.2, 0) is 24.5 Å². The van der Waals surface area contributed by atoms with Crippen molar-refractivity contribution in [3.8, 4) is 0 Å². The van der Waals surface area contributed by atoms with Crippen molar-refractivity contribution in [1.82, 2.24) is 14.9 Å². The number of methoxy groups -OCH3 is 1. The van der Waals surface area contributed by atoms with Gasteiger partial charge in [-0.15, -0.1) is 0 Å². The Hall–Kier alpha value is -2.68. The van der Waals surface area contributed by atoms with E-state index in [1.165, 1.54) is 48.7 Å². The summed E-state index contributed by atoms with van der Waals surface area (Å²) in [5.74, 6) is -2.22. The van der Waals surface area contributed by atoms with Crippen LogP contribution in [0.3, 0.4) is 0 Å². The van der Waals surface area contributed by atoms with Crippen LogP contribution in [0.2, 0.25) is 25.7 Å². The second kappa shape index (κ2) is 13.2. The molecule has 2 heterocycles. The predicted octanol–water partition coefficient (Wildman–Crippen LogP) is 7.64. The van der Waals surface area contributed by atoms with Gasteiger partial charge in [0.2, 0.25) is 0 Å². The zero-order valence-electron chi connectivity index (χ0n) is 26.7. The Balaban J connectivity index is 1.78. The number of aromatic nitrogens is 2. The summed E-state index contributed by atoms with van der Waals surface area (Å²) >= 11 is 4.28. The molecule has 4 rings (SSSR count). The van der Waals surface area contributed by atoms with E-state index >= 15 is 8.78 Å². The van der Waals surface area contributed by atoms with Crippen molar-refractivity contribution >= 4 is 64.9 Å². The molecule has 2 aliphatic rings. The summed E-state index contributed by atoms with van der Waals surface area (Å²) in [5, 5.41) is 0.149. The van der Waals surface area contributed by atoms with Gasteiger partial charge in [-0.3, -0.25) is 9.79 Å². The van der Waals surface area contributed by atoms with Crippen LogP contribution in [0.25, 0.3) is 11.9 Å². The average molecular weight is 726 g/mol. The summed E-state index contributed by atoms with van der Waals surface area (Å²) < 4.78 is 47.0. The van der Waals surface area contributed by atoms with Crippen LogP contribution in [-0.4, -0.2) is 71.0 Å². The Kier molecular flexibility index (Phi) is 10.3. The number of amidine groups is 1. The number of amides is 1. The monoisotopic (exact) mass is 724 g/mol. The molecule has 0 bridgehead atoms. The largest absolute Gasteiger partial charge is 0.468 e. The standard InChI is InChI=1S/C31H39BrF2N4O5SSi/c1-29(2,3)43-28(40)38(18-42-11-12-45(6,7)8)27-37-30(4,24-15-31(24,44-27)26(39)41-5)20-13-19(9-10-21(20)33)14-22(34)23-16-36-25(32)17-35-23/h9-10,13-14,16-17,24H,11-12,15,18H2,1-8H3/b22-14-/t24-,30+,31-/m0/s1. The quantitative estimate of drug-likeness (QED) is 0.113. The summed E-state index contributed by atoms with van der Waals surface area (Å²) in [5.41, 5.74) is -1.64. The van der Waals surface area contributed by atoms with Crippen molar-refractivity contribution in [2.75, 3.05) is 20.4 Å². The van der Waals surface area contributed by atoms with E-state index in [0.717, 1.165) is 17.8 Å². The number of benzene rings is 1. The molecule has 1 saturated carbocycles. The maximum absolute atomic E-state index is 15.7. The van der Waals surface area contributed by atoms with E-state index in [1.54, 1.807) is 27.7 Å². The zero-order valence-corrected chi connectivity index (χ0v) is 30.1. The minimum absolute atomic E-state index is 0.0127. The molecule has 1 fully saturated rings. The van der Waals surface area contributed by atoms with Gasteiger partial charge in [0.25, 0.3) is 0 Å². The van der Waals surface area contributed by atoms with Gasteiger partial charge < -0.3 is 14.2 Å². The molecule has 0 saturated heterocycles. The molecule has 45 heavy (non-hydrogen) atoms. The van der Waals surface area contributed by atoms with Crippen molar-refractivity contribution < 1.29 is 32.6 Å². The fourth-order valence-corrected chi connectivity index (χ4v) is 7.54. The van der Waals surface area contributed by atoms with E-state index in [9.17, 15) is 9.59 Å². The molecule has 0 unspecified atom stereocenters. The molecule has 244 valence electrons. The Morgan fingerprint density at radius 1 is 1.22 bits per heavy atom. The Labute approximate surface area is 276 Å². The lowest BCUT2D eigenvalue weighted by molar-refractivity contribution is -0.141. The number of rotatable bonds is 9. The lowest BCUT2D eigenvalue weighted by atomic mass is 9.84. The van der Waals surface area contributed by atoms with Gasteiger partial charge in [0.05, 0.1) is 25.0 Å². The van der Waals surface area contributed by atoms with Gasteiger partial charge in [-0.2, -0.15) is 0 Å². The summed E-state index contributed by atoms with van der Waals surface area (Å²) in [7, 11) is -0.132. The van der Waals surface area contributed by atoms with Gasteiger partial charge >= 0.3 is 12.1 Å². The number of fused-ring (bicyclic) bond motifs is 1. The van der Waals surface area contributed by atoms with Crippen LogP contribution in [0.4, 0.5) is 13.6 Å². The van der Waals surface area contributed by atoms with E-state index in [-0.39, 0.29) is 23.2 Å². The van der Waals surface area contributed by atoms with Crippen molar-refractivity contribution in [3.05, 3.63) is 57.8 Å². The topological polar surface area (TPSA) is 103 Å². The molecule has 1 amide bonds. The number of nitrogens with zero attached hydrogens (tertiary/aromatic N) is 4. The summed E-state index contributed by atoms with van der Waals surface area (Å²) in [4.78, 5) is 41.0. The number of esters is 1. The molecule has 0 radical (unpaired) electrons. The molecule has 9 nitrogen and oxygen atoms in total.